The minimum absolute atomic E-state index is 0.0803. The molecule has 2 aliphatic rings. The van der Waals surface area contributed by atoms with E-state index in [1.165, 1.54) is 24.9 Å². The Balaban J connectivity index is 1.55. The lowest BCUT2D eigenvalue weighted by atomic mass is 9.98. The number of nitrogens with one attached hydrogen (secondary N) is 1. The van der Waals surface area contributed by atoms with Gasteiger partial charge in [0.15, 0.2) is 0 Å². The standard InChI is InChI=1S/C26H31FN4O3S/c1-17-24-21(15-22(25(17)33-2)31-35(32)12-6-7-13-35)28-16-29-26(24)30-20-11-10-18(27)14-23(20)34-19-8-4-3-5-9-19/h10-11,14-16,19H,3-9,12-13H2,1-2H3,(H,28,29,30). The van der Waals surface area contributed by atoms with Gasteiger partial charge >= 0.3 is 0 Å². The summed E-state index contributed by atoms with van der Waals surface area (Å²) in [6.45, 7) is 1.92. The number of fused-ring (bicyclic) bond motifs is 1. The van der Waals surface area contributed by atoms with Crippen molar-refractivity contribution in [2.45, 2.75) is 58.0 Å². The Labute approximate surface area is 205 Å². The predicted octanol–water partition coefficient (Wildman–Crippen LogP) is 6.43. The van der Waals surface area contributed by atoms with Gasteiger partial charge < -0.3 is 14.8 Å². The number of hydrogen-bond acceptors (Lipinski definition) is 7. The van der Waals surface area contributed by atoms with Crippen LogP contribution in [-0.2, 0) is 9.73 Å². The molecule has 1 N–H and O–H groups in total. The van der Waals surface area contributed by atoms with E-state index >= 15 is 0 Å². The summed E-state index contributed by atoms with van der Waals surface area (Å²) < 4.78 is 43.8. The van der Waals surface area contributed by atoms with Crippen LogP contribution >= 0.6 is 0 Å². The van der Waals surface area contributed by atoms with Crippen LogP contribution in [0.5, 0.6) is 11.5 Å². The van der Waals surface area contributed by atoms with Crippen LogP contribution in [0.2, 0.25) is 0 Å². The van der Waals surface area contributed by atoms with E-state index in [0.717, 1.165) is 49.5 Å². The van der Waals surface area contributed by atoms with Crippen LogP contribution in [0.15, 0.2) is 35.0 Å². The molecule has 0 amide bonds. The third kappa shape index (κ3) is 5.05. The monoisotopic (exact) mass is 498 g/mol. The molecule has 3 aromatic rings. The molecule has 1 saturated heterocycles. The summed E-state index contributed by atoms with van der Waals surface area (Å²) in [5.41, 5.74) is 2.65. The van der Waals surface area contributed by atoms with E-state index < -0.39 is 9.73 Å². The molecule has 1 saturated carbocycles. The zero-order valence-corrected chi connectivity index (χ0v) is 21.0. The first-order chi connectivity index (χ1) is 17.0. The Morgan fingerprint density at radius 2 is 1.86 bits per heavy atom. The molecule has 0 spiro atoms. The van der Waals surface area contributed by atoms with Gasteiger partial charge in [-0.3, -0.25) is 0 Å². The van der Waals surface area contributed by atoms with Gasteiger partial charge in [0.2, 0.25) is 0 Å². The van der Waals surface area contributed by atoms with Gasteiger partial charge in [-0.15, -0.1) is 0 Å². The normalized spacial score (nSPS) is 17.9. The molecule has 2 aromatic carbocycles. The van der Waals surface area contributed by atoms with E-state index in [-0.39, 0.29) is 11.9 Å². The molecule has 1 aliphatic heterocycles. The highest BCUT2D eigenvalue weighted by atomic mass is 32.2. The Morgan fingerprint density at radius 3 is 2.60 bits per heavy atom. The summed E-state index contributed by atoms with van der Waals surface area (Å²) in [5, 5.41) is 4.10. The van der Waals surface area contributed by atoms with Crippen LogP contribution in [0.4, 0.5) is 21.6 Å². The fourth-order valence-corrected chi connectivity index (χ4v) is 7.21. The second kappa shape index (κ2) is 9.97. The molecule has 0 radical (unpaired) electrons. The molecule has 35 heavy (non-hydrogen) atoms. The van der Waals surface area contributed by atoms with Crippen molar-refractivity contribution in [2.24, 2.45) is 4.36 Å². The maximum Gasteiger partial charge on any atom is 0.149 e. The second-order valence-electron chi connectivity index (χ2n) is 9.29. The van der Waals surface area contributed by atoms with Crippen molar-refractivity contribution < 1.29 is 18.1 Å². The topological polar surface area (TPSA) is 85.7 Å². The van der Waals surface area contributed by atoms with Gasteiger partial charge in [-0.25, -0.2) is 18.6 Å². The van der Waals surface area contributed by atoms with E-state index in [9.17, 15) is 8.60 Å². The Kier molecular flexibility index (Phi) is 6.77. The van der Waals surface area contributed by atoms with Crippen LogP contribution in [0.1, 0.15) is 50.5 Å². The third-order valence-corrected chi connectivity index (χ3v) is 9.17. The van der Waals surface area contributed by atoms with Crippen molar-refractivity contribution in [1.82, 2.24) is 9.97 Å². The summed E-state index contributed by atoms with van der Waals surface area (Å²) >= 11 is 0. The predicted molar refractivity (Wildman–Crippen MR) is 137 cm³/mol. The van der Waals surface area contributed by atoms with Gasteiger partial charge in [-0.2, -0.15) is 4.36 Å². The number of nitrogens with zero attached hydrogens (tertiary/aromatic N) is 3. The van der Waals surface area contributed by atoms with Gasteiger partial charge in [0.25, 0.3) is 0 Å². The van der Waals surface area contributed by atoms with Crippen LogP contribution in [0.25, 0.3) is 10.9 Å². The first kappa shape index (κ1) is 23.8. The lowest BCUT2D eigenvalue weighted by Crippen LogP contribution is -2.20. The molecule has 5 rings (SSSR count). The van der Waals surface area contributed by atoms with Crippen molar-refractivity contribution in [3.8, 4) is 11.5 Å². The van der Waals surface area contributed by atoms with Crippen LogP contribution in [0, 0.1) is 12.7 Å². The smallest absolute Gasteiger partial charge is 0.149 e. The maximum atomic E-state index is 14.1. The summed E-state index contributed by atoms with van der Waals surface area (Å²) in [6, 6.07) is 6.30. The summed E-state index contributed by atoms with van der Waals surface area (Å²) in [4.78, 5) is 8.94. The number of ether oxygens (including phenoxy) is 2. The Bertz CT molecular complexity index is 1350. The molecule has 186 valence electrons. The van der Waals surface area contributed by atoms with E-state index in [4.69, 9.17) is 9.47 Å². The zero-order chi connectivity index (χ0) is 24.4. The molecule has 1 aromatic heterocycles. The van der Waals surface area contributed by atoms with Gasteiger partial charge in [-0.05, 0) is 63.6 Å². The molecular weight excluding hydrogens is 467 g/mol. The minimum Gasteiger partial charge on any atom is -0.494 e. The van der Waals surface area contributed by atoms with Gasteiger partial charge in [0.05, 0.1) is 34.1 Å². The molecule has 0 atom stereocenters. The summed E-state index contributed by atoms with van der Waals surface area (Å²) in [5.74, 6) is 2.46. The van der Waals surface area contributed by atoms with Crippen LogP contribution in [0.3, 0.4) is 0 Å². The number of aryl methyl sites for hydroxylation is 1. The molecule has 0 bridgehead atoms. The molecule has 2 heterocycles. The molecule has 2 fully saturated rings. The highest BCUT2D eigenvalue weighted by Crippen LogP contribution is 2.41. The van der Waals surface area contributed by atoms with Crippen LogP contribution in [-0.4, -0.2) is 38.9 Å². The van der Waals surface area contributed by atoms with Crippen molar-refractivity contribution in [3.05, 3.63) is 42.0 Å². The number of aromatic nitrogens is 2. The minimum atomic E-state index is -2.27. The lowest BCUT2D eigenvalue weighted by Gasteiger charge is -2.24. The lowest BCUT2D eigenvalue weighted by molar-refractivity contribution is 0.155. The number of methoxy groups -OCH3 is 1. The average Bonchev–Trinajstić information content (AvgIpc) is 3.27. The first-order valence-corrected chi connectivity index (χ1v) is 14.1. The fourth-order valence-electron chi connectivity index (χ4n) is 5.01. The van der Waals surface area contributed by atoms with Gasteiger partial charge in [-0.1, -0.05) is 6.42 Å². The molecular formula is C26H31FN4O3S. The van der Waals surface area contributed by atoms with Crippen molar-refractivity contribution in [2.75, 3.05) is 23.9 Å². The quantitative estimate of drug-likeness (QED) is 0.421. The fraction of sp³-hybridized carbons (Fsp3) is 0.462. The average molecular weight is 499 g/mol. The van der Waals surface area contributed by atoms with Crippen LogP contribution < -0.4 is 14.8 Å². The third-order valence-electron chi connectivity index (χ3n) is 6.79. The molecule has 0 unspecified atom stereocenters. The number of anilines is 2. The van der Waals surface area contributed by atoms with Crippen molar-refractivity contribution in [3.63, 3.8) is 0 Å². The molecule has 9 heteroatoms. The number of benzene rings is 2. The second-order valence-corrected chi connectivity index (χ2v) is 11.8. The SMILES string of the molecule is COc1c(N=S2(=O)CCCC2)cc2ncnc(Nc3ccc(F)cc3OC3CCCCC3)c2c1C. The summed E-state index contributed by atoms with van der Waals surface area (Å²) in [6.07, 6.45) is 8.81. The van der Waals surface area contributed by atoms with E-state index in [1.54, 1.807) is 13.2 Å². The van der Waals surface area contributed by atoms with E-state index in [1.807, 2.05) is 13.0 Å². The zero-order valence-electron chi connectivity index (χ0n) is 20.2. The van der Waals surface area contributed by atoms with Gasteiger partial charge in [0, 0.05) is 28.5 Å². The first-order valence-electron chi connectivity index (χ1n) is 12.2. The van der Waals surface area contributed by atoms with Crippen molar-refractivity contribution in [1.29, 1.82) is 0 Å². The Morgan fingerprint density at radius 1 is 1.09 bits per heavy atom. The molecule has 7 nitrogen and oxygen atoms in total. The highest BCUT2D eigenvalue weighted by molar-refractivity contribution is 7.93. The highest BCUT2D eigenvalue weighted by Gasteiger charge is 2.22. The van der Waals surface area contributed by atoms with Crippen molar-refractivity contribution >= 4 is 37.8 Å². The van der Waals surface area contributed by atoms with E-state index in [2.05, 4.69) is 19.6 Å². The summed E-state index contributed by atoms with van der Waals surface area (Å²) in [7, 11) is -0.688. The molecule has 1 aliphatic carbocycles. The number of hydrogen-bond donors (Lipinski definition) is 1. The largest absolute Gasteiger partial charge is 0.494 e. The van der Waals surface area contributed by atoms with E-state index in [0.29, 0.717) is 45.7 Å². The number of rotatable bonds is 6. The maximum absolute atomic E-state index is 14.1. The Hall–Kier alpha value is -2.94. The number of halogens is 1. The van der Waals surface area contributed by atoms with Gasteiger partial charge in [0.1, 0.15) is 35.1 Å².